The van der Waals surface area contributed by atoms with Crippen molar-refractivity contribution < 1.29 is 13.9 Å². The highest BCUT2D eigenvalue weighted by Crippen LogP contribution is 2.18. The summed E-state index contributed by atoms with van der Waals surface area (Å²) in [6.45, 7) is 2.88. The molecule has 3 aromatic rings. The van der Waals surface area contributed by atoms with Gasteiger partial charge in [-0.15, -0.1) is 0 Å². The quantitative estimate of drug-likeness (QED) is 0.668. The third-order valence-corrected chi connectivity index (χ3v) is 4.85. The topological polar surface area (TPSA) is 58.6 Å². The van der Waals surface area contributed by atoms with Crippen molar-refractivity contribution in [1.29, 1.82) is 0 Å². The van der Waals surface area contributed by atoms with Crippen LogP contribution in [0.5, 0.6) is 5.88 Å². The molecule has 0 bridgehead atoms. The Hall–Kier alpha value is -3.48. The molecule has 148 valence electrons. The van der Waals surface area contributed by atoms with E-state index in [2.05, 4.69) is 14.9 Å². The second kappa shape index (κ2) is 8.68. The van der Waals surface area contributed by atoms with Crippen molar-refractivity contribution in [2.24, 2.45) is 0 Å². The maximum atomic E-state index is 13.1. The van der Waals surface area contributed by atoms with E-state index in [1.807, 2.05) is 30.3 Å². The van der Waals surface area contributed by atoms with E-state index in [1.54, 1.807) is 23.1 Å². The fraction of sp³-hybridized carbons (Fsp3) is 0.227. The number of aromatic nitrogens is 2. The first kappa shape index (κ1) is 18.9. The van der Waals surface area contributed by atoms with Gasteiger partial charge in [0.15, 0.2) is 0 Å². The minimum Gasteiger partial charge on any atom is -0.473 e. The summed E-state index contributed by atoms with van der Waals surface area (Å²) in [6.07, 6.45) is 1.35. The van der Waals surface area contributed by atoms with Gasteiger partial charge in [0.05, 0.1) is 0 Å². The fourth-order valence-corrected chi connectivity index (χ4v) is 3.25. The lowest BCUT2D eigenvalue weighted by atomic mass is 10.2. The minimum atomic E-state index is -0.253. The van der Waals surface area contributed by atoms with E-state index in [0.29, 0.717) is 44.4 Å². The molecule has 1 saturated heterocycles. The van der Waals surface area contributed by atoms with Crippen molar-refractivity contribution in [2.75, 3.05) is 31.1 Å². The molecular formula is C22H21FN4O2. The lowest BCUT2D eigenvalue weighted by Crippen LogP contribution is -2.49. The molecule has 2 heterocycles. The Morgan fingerprint density at radius 3 is 2.41 bits per heavy atom. The molecule has 7 heteroatoms. The zero-order valence-corrected chi connectivity index (χ0v) is 15.9. The highest BCUT2D eigenvalue weighted by molar-refractivity contribution is 5.92. The maximum absolute atomic E-state index is 13.1. The Balaban J connectivity index is 1.35. The summed E-state index contributed by atoms with van der Waals surface area (Å²) < 4.78 is 18.8. The lowest BCUT2D eigenvalue weighted by Gasteiger charge is -2.36. The molecule has 0 saturated carbocycles. The number of carbonyl (C=O) groups excluding carboxylic acids is 1. The molecular weight excluding hydrogens is 371 g/mol. The van der Waals surface area contributed by atoms with E-state index in [4.69, 9.17) is 4.74 Å². The van der Waals surface area contributed by atoms with Gasteiger partial charge in [-0.1, -0.05) is 30.3 Å². The molecule has 0 atom stereocenters. The average Bonchev–Trinajstić information content (AvgIpc) is 2.79. The number of benzene rings is 2. The lowest BCUT2D eigenvalue weighted by molar-refractivity contribution is 0.0740. The average molecular weight is 392 g/mol. The van der Waals surface area contributed by atoms with Crippen LogP contribution in [-0.4, -0.2) is 47.0 Å². The molecule has 1 aromatic heterocycles. The first-order valence-corrected chi connectivity index (χ1v) is 9.47. The molecule has 1 amide bonds. The summed E-state index contributed by atoms with van der Waals surface area (Å²) in [5, 5.41) is 0. The van der Waals surface area contributed by atoms with Crippen LogP contribution in [0.4, 0.5) is 10.1 Å². The van der Waals surface area contributed by atoms with E-state index in [9.17, 15) is 9.18 Å². The normalized spacial score (nSPS) is 14.0. The van der Waals surface area contributed by atoms with Crippen LogP contribution in [0.2, 0.25) is 0 Å². The number of anilines is 1. The first-order chi connectivity index (χ1) is 14.2. The molecule has 1 aliphatic heterocycles. The monoisotopic (exact) mass is 392 g/mol. The van der Waals surface area contributed by atoms with Crippen molar-refractivity contribution in [2.45, 2.75) is 6.61 Å². The van der Waals surface area contributed by atoms with Crippen LogP contribution in [0, 0.1) is 5.82 Å². The van der Waals surface area contributed by atoms with E-state index in [-0.39, 0.29) is 11.7 Å². The van der Waals surface area contributed by atoms with Gasteiger partial charge < -0.3 is 14.5 Å². The Morgan fingerprint density at radius 2 is 1.69 bits per heavy atom. The molecule has 6 nitrogen and oxygen atoms in total. The molecule has 0 aliphatic carbocycles. The van der Waals surface area contributed by atoms with Gasteiger partial charge in [0.25, 0.3) is 5.91 Å². The number of piperazine rings is 1. The van der Waals surface area contributed by atoms with Gasteiger partial charge in [-0.2, -0.15) is 0 Å². The van der Waals surface area contributed by atoms with E-state index in [1.165, 1.54) is 18.5 Å². The smallest absolute Gasteiger partial charge is 0.272 e. The van der Waals surface area contributed by atoms with Crippen LogP contribution in [0.1, 0.15) is 16.1 Å². The van der Waals surface area contributed by atoms with Crippen molar-refractivity contribution in [3.8, 4) is 5.88 Å². The Labute approximate surface area is 168 Å². The standard InChI is InChI=1S/C22H21FN4O2/c23-18-6-8-19(9-7-18)26-10-12-27(13-11-26)22(28)20-14-21(25-16-24-20)29-15-17-4-2-1-3-5-17/h1-9,14,16H,10-13,15H2. The largest absolute Gasteiger partial charge is 0.473 e. The van der Waals surface area contributed by atoms with Crippen LogP contribution < -0.4 is 9.64 Å². The number of hydrogen-bond acceptors (Lipinski definition) is 5. The predicted molar refractivity (Wildman–Crippen MR) is 107 cm³/mol. The van der Waals surface area contributed by atoms with Gasteiger partial charge >= 0.3 is 0 Å². The van der Waals surface area contributed by atoms with Gasteiger partial charge in [0, 0.05) is 37.9 Å². The third kappa shape index (κ3) is 4.68. The number of carbonyl (C=O) groups is 1. The zero-order valence-electron chi connectivity index (χ0n) is 15.9. The molecule has 0 N–H and O–H groups in total. The van der Waals surface area contributed by atoms with Crippen LogP contribution in [0.25, 0.3) is 0 Å². The molecule has 2 aromatic carbocycles. The Bertz CT molecular complexity index is 958. The zero-order chi connectivity index (χ0) is 20.1. The number of halogens is 1. The van der Waals surface area contributed by atoms with Crippen LogP contribution >= 0.6 is 0 Å². The second-order valence-electron chi connectivity index (χ2n) is 6.77. The summed E-state index contributed by atoms with van der Waals surface area (Å²) in [7, 11) is 0. The SMILES string of the molecule is O=C(c1cc(OCc2ccccc2)ncn1)N1CCN(c2ccc(F)cc2)CC1. The molecule has 29 heavy (non-hydrogen) atoms. The first-order valence-electron chi connectivity index (χ1n) is 9.47. The van der Waals surface area contributed by atoms with E-state index < -0.39 is 0 Å². The Morgan fingerprint density at radius 1 is 0.966 bits per heavy atom. The molecule has 1 fully saturated rings. The van der Waals surface area contributed by atoms with Crippen molar-refractivity contribution >= 4 is 11.6 Å². The fourth-order valence-electron chi connectivity index (χ4n) is 3.25. The molecule has 1 aliphatic rings. The number of rotatable bonds is 5. The highest BCUT2D eigenvalue weighted by atomic mass is 19.1. The number of amides is 1. The predicted octanol–water partition coefficient (Wildman–Crippen LogP) is 3.16. The number of hydrogen-bond donors (Lipinski definition) is 0. The summed E-state index contributed by atoms with van der Waals surface area (Å²) >= 11 is 0. The van der Waals surface area contributed by atoms with Gasteiger partial charge in [0.1, 0.15) is 24.4 Å². The van der Waals surface area contributed by atoms with Crippen LogP contribution in [-0.2, 0) is 6.61 Å². The third-order valence-electron chi connectivity index (χ3n) is 4.85. The summed E-state index contributed by atoms with van der Waals surface area (Å²) in [4.78, 5) is 24.9. The summed E-state index contributed by atoms with van der Waals surface area (Å²) in [6, 6.07) is 17.8. The minimum absolute atomic E-state index is 0.143. The van der Waals surface area contributed by atoms with E-state index >= 15 is 0 Å². The summed E-state index contributed by atoms with van der Waals surface area (Å²) in [5.74, 6) is -0.0236. The van der Waals surface area contributed by atoms with Crippen molar-refractivity contribution in [3.63, 3.8) is 0 Å². The number of ether oxygens (including phenoxy) is 1. The molecule has 0 radical (unpaired) electrons. The highest BCUT2D eigenvalue weighted by Gasteiger charge is 2.23. The summed E-state index contributed by atoms with van der Waals surface area (Å²) in [5.41, 5.74) is 2.30. The molecule has 4 rings (SSSR count). The van der Waals surface area contributed by atoms with Crippen LogP contribution in [0.15, 0.2) is 67.0 Å². The van der Waals surface area contributed by atoms with Crippen molar-refractivity contribution in [1.82, 2.24) is 14.9 Å². The van der Waals surface area contributed by atoms with E-state index in [0.717, 1.165) is 11.3 Å². The second-order valence-corrected chi connectivity index (χ2v) is 6.77. The van der Waals surface area contributed by atoms with Crippen LogP contribution in [0.3, 0.4) is 0 Å². The Kier molecular flexibility index (Phi) is 5.65. The van der Waals surface area contributed by atoms with Gasteiger partial charge in [-0.3, -0.25) is 4.79 Å². The molecule has 0 unspecified atom stereocenters. The van der Waals surface area contributed by atoms with Gasteiger partial charge in [-0.05, 0) is 29.8 Å². The van der Waals surface area contributed by atoms with Gasteiger partial charge in [-0.25, -0.2) is 14.4 Å². The maximum Gasteiger partial charge on any atom is 0.272 e. The number of nitrogens with zero attached hydrogens (tertiary/aromatic N) is 4. The molecule has 0 spiro atoms. The van der Waals surface area contributed by atoms with Gasteiger partial charge in [0.2, 0.25) is 5.88 Å². The van der Waals surface area contributed by atoms with Crippen molar-refractivity contribution in [3.05, 3.63) is 84.1 Å².